The largest absolute Gasteiger partial charge is 0.379 e. The minimum atomic E-state index is 0.570. The Bertz CT molecular complexity index is 632. The Morgan fingerprint density at radius 3 is 2.71 bits per heavy atom. The Labute approximate surface area is 141 Å². The van der Waals surface area contributed by atoms with Crippen LogP contribution >= 0.6 is 0 Å². The van der Waals surface area contributed by atoms with Crippen molar-refractivity contribution in [1.29, 1.82) is 0 Å². The van der Waals surface area contributed by atoms with Crippen LogP contribution in [0.2, 0.25) is 0 Å². The molecular weight excluding hydrogens is 306 g/mol. The molecule has 0 unspecified atom stereocenters. The Morgan fingerprint density at radius 2 is 1.96 bits per heavy atom. The Kier molecular flexibility index (Phi) is 5.78. The van der Waals surface area contributed by atoms with E-state index < -0.39 is 0 Å². The predicted molar refractivity (Wildman–Crippen MR) is 95.3 cm³/mol. The van der Waals surface area contributed by atoms with Gasteiger partial charge in [-0.15, -0.1) is 0 Å². The number of rotatable bonds is 7. The fourth-order valence-corrected chi connectivity index (χ4v) is 2.48. The van der Waals surface area contributed by atoms with Gasteiger partial charge in [-0.3, -0.25) is 10.7 Å². The van der Waals surface area contributed by atoms with Gasteiger partial charge in [-0.25, -0.2) is 4.98 Å². The van der Waals surface area contributed by atoms with Gasteiger partial charge in [0.15, 0.2) is 5.82 Å². The first-order chi connectivity index (χ1) is 11.8. The van der Waals surface area contributed by atoms with E-state index >= 15 is 0 Å². The van der Waals surface area contributed by atoms with Crippen LogP contribution in [0.25, 0.3) is 0 Å². The second-order valence-corrected chi connectivity index (χ2v) is 5.47. The molecule has 1 aromatic heterocycles. The van der Waals surface area contributed by atoms with E-state index in [1.807, 2.05) is 30.3 Å². The summed E-state index contributed by atoms with van der Waals surface area (Å²) in [6.07, 6.45) is 1.66. The van der Waals surface area contributed by atoms with Crippen LogP contribution in [0.15, 0.2) is 36.5 Å². The lowest BCUT2D eigenvalue weighted by molar-refractivity contribution is 0.0398. The van der Waals surface area contributed by atoms with E-state index in [1.165, 1.54) is 0 Å². The number of nitrogens with one attached hydrogen (secondary N) is 3. The Balaban J connectivity index is 1.60. The van der Waals surface area contributed by atoms with E-state index in [0.29, 0.717) is 17.5 Å². The third kappa shape index (κ3) is 4.54. The molecule has 0 aliphatic carbocycles. The molecule has 2 heterocycles. The molecule has 1 aliphatic rings. The molecule has 2 aromatic rings. The van der Waals surface area contributed by atoms with E-state index in [4.69, 9.17) is 10.6 Å². The second-order valence-electron chi connectivity index (χ2n) is 5.47. The topological polar surface area (TPSA) is 100 Å². The highest BCUT2D eigenvalue weighted by molar-refractivity contribution is 5.70. The second kappa shape index (κ2) is 8.44. The van der Waals surface area contributed by atoms with Gasteiger partial charge in [0.05, 0.1) is 19.4 Å². The van der Waals surface area contributed by atoms with Crippen LogP contribution < -0.4 is 21.9 Å². The molecule has 24 heavy (non-hydrogen) atoms. The van der Waals surface area contributed by atoms with Gasteiger partial charge in [0.25, 0.3) is 0 Å². The van der Waals surface area contributed by atoms with Crippen molar-refractivity contribution in [3.05, 3.63) is 36.5 Å². The van der Waals surface area contributed by atoms with Crippen LogP contribution in [0.3, 0.4) is 0 Å². The lowest BCUT2D eigenvalue weighted by atomic mass is 10.3. The van der Waals surface area contributed by atoms with Crippen molar-refractivity contribution in [2.24, 2.45) is 5.84 Å². The number of hydrogen-bond acceptors (Lipinski definition) is 8. The van der Waals surface area contributed by atoms with E-state index in [9.17, 15) is 0 Å². The molecule has 0 saturated carbocycles. The standard InChI is InChI=1S/C16H23N7O/c17-22-14-12-19-16(18-6-7-23-8-10-24-11-9-23)21-15(14)20-13-4-2-1-3-5-13/h1-5,12,22H,6-11,17H2,(H2,18,19,20,21). The first-order valence-corrected chi connectivity index (χ1v) is 8.05. The summed E-state index contributed by atoms with van der Waals surface area (Å²) in [7, 11) is 0. The van der Waals surface area contributed by atoms with Crippen molar-refractivity contribution >= 4 is 23.1 Å². The maximum absolute atomic E-state index is 5.54. The number of hydrazine groups is 1. The number of aromatic nitrogens is 2. The molecule has 1 aromatic carbocycles. The van der Waals surface area contributed by atoms with Gasteiger partial charge in [-0.1, -0.05) is 18.2 Å². The molecule has 0 spiro atoms. The number of morpholine rings is 1. The Hall–Kier alpha value is -2.42. The number of ether oxygens (including phenoxy) is 1. The molecule has 0 amide bonds. The summed E-state index contributed by atoms with van der Waals surface area (Å²) in [5.41, 5.74) is 4.19. The summed E-state index contributed by atoms with van der Waals surface area (Å²) in [4.78, 5) is 11.1. The third-order valence-electron chi connectivity index (χ3n) is 3.80. The maximum atomic E-state index is 5.54. The normalized spacial score (nSPS) is 15.0. The van der Waals surface area contributed by atoms with Gasteiger partial charge in [-0.05, 0) is 12.1 Å². The van der Waals surface area contributed by atoms with Gasteiger partial charge in [0.2, 0.25) is 5.95 Å². The average Bonchev–Trinajstić information content (AvgIpc) is 2.64. The number of para-hydroxylation sites is 1. The van der Waals surface area contributed by atoms with Crippen molar-refractivity contribution in [3.63, 3.8) is 0 Å². The average molecular weight is 329 g/mol. The van der Waals surface area contributed by atoms with Crippen molar-refractivity contribution in [2.45, 2.75) is 0 Å². The number of hydrogen-bond donors (Lipinski definition) is 4. The summed E-state index contributed by atoms with van der Waals surface area (Å²) < 4.78 is 5.35. The van der Waals surface area contributed by atoms with Crippen LogP contribution in [0.4, 0.5) is 23.1 Å². The molecular formula is C16H23N7O. The molecule has 128 valence electrons. The predicted octanol–water partition coefficient (Wildman–Crippen LogP) is 1.25. The molecule has 8 nitrogen and oxygen atoms in total. The van der Waals surface area contributed by atoms with Gasteiger partial charge < -0.3 is 20.8 Å². The molecule has 0 radical (unpaired) electrons. The molecule has 0 atom stereocenters. The van der Waals surface area contributed by atoms with Gasteiger partial charge in [-0.2, -0.15) is 4.98 Å². The van der Waals surface area contributed by atoms with Gasteiger partial charge in [0, 0.05) is 31.9 Å². The molecule has 8 heteroatoms. The van der Waals surface area contributed by atoms with Gasteiger partial charge in [0.1, 0.15) is 5.69 Å². The number of nitrogen functional groups attached to an aromatic ring is 1. The Morgan fingerprint density at radius 1 is 1.17 bits per heavy atom. The van der Waals surface area contributed by atoms with Crippen LogP contribution in [0, 0.1) is 0 Å². The maximum Gasteiger partial charge on any atom is 0.224 e. The van der Waals surface area contributed by atoms with Crippen molar-refractivity contribution in [2.75, 3.05) is 55.5 Å². The molecule has 1 fully saturated rings. The number of benzene rings is 1. The van der Waals surface area contributed by atoms with E-state index in [0.717, 1.165) is 45.1 Å². The smallest absolute Gasteiger partial charge is 0.224 e. The summed E-state index contributed by atoms with van der Waals surface area (Å²) in [5.74, 6) is 6.75. The summed E-state index contributed by atoms with van der Waals surface area (Å²) >= 11 is 0. The van der Waals surface area contributed by atoms with Gasteiger partial charge >= 0.3 is 0 Å². The lowest BCUT2D eigenvalue weighted by Gasteiger charge is -2.26. The van der Waals surface area contributed by atoms with Crippen LogP contribution in [-0.2, 0) is 4.74 Å². The van der Waals surface area contributed by atoms with Crippen molar-refractivity contribution in [1.82, 2.24) is 14.9 Å². The molecule has 3 rings (SSSR count). The summed E-state index contributed by atoms with van der Waals surface area (Å²) in [6.45, 7) is 5.26. The highest BCUT2D eigenvalue weighted by Crippen LogP contribution is 2.22. The molecule has 0 bridgehead atoms. The minimum absolute atomic E-state index is 0.570. The van der Waals surface area contributed by atoms with Crippen molar-refractivity contribution in [3.8, 4) is 0 Å². The fraction of sp³-hybridized carbons (Fsp3) is 0.375. The molecule has 5 N–H and O–H groups in total. The SMILES string of the molecule is NNc1cnc(NCCN2CCOCC2)nc1Nc1ccccc1. The minimum Gasteiger partial charge on any atom is -0.379 e. The summed E-state index contributed by atoms with van der Waals surface area (Å²) in [5, 5.41) is 6.50. The quantitative estimate of drug-likeness (QED) is 0.445. The summed E-state index contributed by atoms with van der Waals surface area (Å²) in [6, 6.07) is 9.81. The lowest BCUT2D eigenvalue weighted by Crippen LogP contribution is -2.39. The van der Waals surface area contributed by atoms with Crippen LogP contribution in [0.5, 0.6) is 0 Å². The highest BCUT2D eigenvalue weighted by atomic mass is 16.5. The zero-order chi connectivity index (χ0) is 16.6. The van der Waals surface area contributed by atoms with Crippen molar-refractivity contribution < 1.29 is 4.74 Å². The molecule has 1 aliphatic heterocycles. The van der Waals surface area contributed by atoms with Crippen LogP contribution in [0.1, 0.15) is 0 Å². The van der Waals surface area contributed by atoms with E-state index in [1.54, 1.807) is 6.20 Å². The first-order valence-electron chi connectivity index (χ1n) is 8.05. The molecule has 1 saturated heterocycles. The van der Waals surface area contributed by atoms with Crippen LogP contribution in [-0.4, -0.2) is 54.3 Å². The number of anilines is 4. The number of nitrogens with zero attached hydrogens (tertiary/aromatic N) is 3. The zero-order valence-electron chi connectivity index (χ0n) is 13.5. The highest BCUT2D eigenvalue weighted by Gasteiger charge is 2.10. The first kappa shape index (κ1) is 16.4. The fourth-order valence-electron chi connectivity index (χ4n) is 2.48. The number of nitrogens with two attached hydrogens (primary N) is 1. The zero-order valence-corrected chi connectivity index (χ0v) is 13.5. The third-order valence-corrected chi connectivity index (χ3v) is 3.80. The van der Waals surface area contributed by atoms with E-state index in [2.05, 4.69) is 30.9 Å². The van der Waals surface area contributed by atoms with E-state index in [-0.39, 0.29) is 0 Å². The monoisotopic (exact) mass is 329 g/mol.